The van der Waals surface area contributed by atoms with Gasteiger partial charge in [0, 0.05) is 25.2 Å². The molecular formula is C22H31N3O2S. The summed E-state index contributed by atoms with van der Waals surface area (Å²) in [6.07, 6.45) is 3.48. The zero-order valence-electron chi connectivity index (χ0n) is 17.2. The minimum absolute atomic E-state index is 0.125. The molecule has 1 aliphatic heterocycles. The van der Waals surface area contributed by atoms with Gasteiger partial charge in [0.1, 0.15) is 15.6 Å². The third-order valence-electron chi connectivity index (χ3n) is 5.09. The fourth-order valence-corrected chi connectivity index (χ4v) is 4.56. The molecule has 0 N–H and O–H groups in total. The molecular weight excluding hydrogens is 370 g/mol. The standard InChI is InChI=1S/C22H31N3O2S/c1-4-6-11-24-12-8-13-25(15-14-24)22(26)20-17(3)23-21(28-20)18-9-7-10-19(16-18)27-5-2/h7,9-10,16H,4-6,8,11-15H2,1-3H3. The maximum absolute atomic E-state index is 13.2. The Morgan fingerprint density at radius 1 is 1.21 bits per heavy atom. The highest BCUT2D eigenvalue weighted by Gasteiger charge is 2.24. The molecule has 152 valence electrons. The normalized spacial score (nSPS) is 15.5. The van der Waals surface area contributed by atoms with Gasteiger partial charge in [-0.05, 0) is 51.9 Å². The lowest BCUT2D eigenvalue weighted by atomic mass is 10.2. The first kappa shape index (κ1) is 20.8. The SMILES string of the molecule is CCCCN1CCCN(C(=O)c2sc(-c3cccc(OCC)c3)nc2C)CC1. The number of nitrogens with zero attached hydrogens (tertiary/aromatic N) is 3. The van der Waals surface area contributed by atoms with Crippen LogP contribution in [0.2, 0.25) is 0 Å². The summed E-state index contributed by atoms with van der Waals surface area (Å²) < 4.78 is 5.60. The summed E-state index contributed by atoms with van der Waals surface area (Å²) in [7, 11) is 0. The highest BCUT2D eigenvalue weighted by Crippen LogP contribution is 2.31. The quantitative estimate of drug-likeness (QED) is 0.687. The lowest BCUT2D eigenvalue weighted by molar-refractivity contribution is 0.0765. The summed E-state index contributed by atoms with van der Waals surface area (Å²) in [6, 6.07) is 7.93. The largest absolute Gasteiger partial charge is 0.494 e. The molecule has 1 aliphatic rings. The zero-order valence-corrected chi connectivity index (χ0v) is 18.1. The molecule has 0 atom stereocenters. The van der Waals surface area contributed by atoms with Crippen LogP contribution in [0.4, 0.5) is 0 Å². The number of carbonyl (C=O) groups excluding carboxylic acids is 1. The van der Waals surface area contributed by atoms with Gasteiger partial charge in [0.05, 0.1) is 12.3 Å². The predicted octanol–water partition coefficient (Wildman–Crippen LogP) is 4.47. The van der Waals surface area contributed by atoms with Crippen LogP contribution in [0.25, 0.3) is 10.6 Å². The van der Waals surface area contributed by atoms with Crippen LogP contribution in [-0.4, -0.2) is 60.0 Å². The van der Waals surface area contributed by atoms with E-state index in [-0.39, 0.29) is 5.91 Å². The Morgan fingerprint density at radius 3 is 2.86 bits per heavy atom. The molecule has 2 aromatic rings. The number of hydrogen-bond acceptors (Lipinski definition) is 5. The molecule has 0 spiro atoms. The van der Waals surface area contributed by atoms with E-state index in [4.69, 9.17) is 4.74 Å². The summed E-state index contributed by atoms with van der Waals surface area (Å²) in [5, 5.41) is 0.877. The molecule has 1 aromatic carbocycles. The Morgan fingerprint density at radius 2 is 2.07 bits per heavy atom. The molecule has 0 unspecified atom stereocenters. The molecule has 0 radical (unpaired) electrons. The summed E-state index contributed by atoms with van der Waals surface area (Å²) in [4.78, 5) is 23.1. The maximum atomic E-state index is 13.2. The van der Waals surface area contributed by atoms with Crippen LogP contribution in [0.15, 0.2) is 24.3 Å². The van der Waals surface area contributed by atoms with Gasteiger partial charge < -0.3 is 14.5 Å². The first-order chi connectivity index (χ1) is 13.6. The highest BCUT2D eigenvalue weighted by atomic mass is 32.1. The van der Waals surface area contributed by atoms with E-state index in [1.165, 1.54) is 24.2 Å². The van der Waals surface area contributed by atoms with Gasteiger partial charge in [0.2, 0.25) is 0 Å². The van der Waals surface area contributed by atoms with Gasteiger partial charge in [-0.3, -0.25) is 4.79 Å². The summed E-state index contributed by atoms with van der Waals surface area (Å²) in [5.74, 6) is 0.958. The third kappa shape index (κ3) is 5.11. The van der Waals surface area contributed by atoms with Crippen LogP contribution < -0.4 is 4.74 Å². The van der Waals surface area contributed by atoms with E-state index in [2.05, 4.69) is 16.8 Å². The summed E-state index contributed by atoms with van der Waals surface area (Å²) >= 11 is 1.49. The molecule has 3 rings (SSSR count). The van der Waals surface area contributed by atoms with Crippen LogP contribution in [0, 0.1) is 6.92 Å². The number of thiazole rings is 1. The number of hydrogen-bond donors (Lipinski definition) is 0. The maximum Gasteiger partial charge on any atom is 0.265 e. The van der Waals surface area contributed by atoms with Crippen molar-refractivity contribution in [1.29, 1.82) is 0 Å². The van der Waals surface area contributed by atoms with Crippen LogP contribution in [-0.2, 0) is 0 Å². The Kier molecular flexibility index (Phi) is 7.45. The Labute approximate surface area is 172 Å². The van der Waals surface area contributed by atoms with Crippen LogP contribution in [0.5, 0.6) is 5.75 Å². The summed E-state index contributed by atoms with van der Waals surface area (Å²) in [6.45, 7) is 11.6. The van der Waals surface area contributed by atoms with Crippen molar-refractivity contribution in [3.05, 3.63) is 34.8 Å². The molecule has 2 heterocycles. The summed E-state index contributed by atoms with van der Waals surface area (Å²) in [5.41, 5.74) is 1.82. The number of benzene rings is 1. The first-order valence-corrected chi connectivity index (χ1v) is 11.2. The van der Waals surface area contributed by atoms with Crippen molar-refractivity contribution in [2.24, 2.45) is 0 Å². The number of ether oxygens (including phenoxy) is 1. The second-order valence-electron chi connectivity index (χ2n) is 7.24. The molecule has 0 bridgehead atoms. The minimum atomic E-state index is 0.125. The van der Waals surface area contributed by atoms with Crippen LogP contribution in [0.1, 0.15) is 48.5 Å². The molecule has 1 saturated heterocycles. The monoisotopic (exact) mass is 401 g/mol. The van der Waals surface area contributed by atoms with Crippen molar-refractivity contribution in [2.45, 2.75) is 40.0 Å². The number of carbonyl (C=O) groups is 1. The van der Waals surface area contributed by atoms with Crippen molar-refractivity contribution >= 4 is 17.2 Å². The van der Waals surface area contributed by atoms with Crippen LogP contribution >= 0.6 is 11.3 Å². The first-order valence-electron chi connectivity index (χ1n) is 10.3. The third-order valence-corrected chi connectivity index (χ3v) is 6.28. The van der Waals surface area contributed by atoms with E-state index in [1.807, 2.05) is 43.0 Å². The molecule has 28 heavy (non-hydrogen) atoms. The van der Waals surface area contributed by atoms with Crippen molar-refractivity contribution in [3.8, 4) is 16.3 Å². The van der Waals surface area contributed by atoms with Crippen molar-refractivity contribution in [3.63, 3.8) is 0 Å². The van der Waals surface area contributed by atoms with Crippen molar-refractivity contribution < 1.29 is 9.53 Å². The highest BCUT2D eigenvalue weighted by molar-refractivity contribution is 7.17. The molecule has 1 amide bonds. The van der Waals surface area contributed by atoms with Gasteiger partial charge >= 0.3 is 0 Å². The average molecular weight is 402 g/mol. The molecule has 6 heteroatoms. The zero-order chi connectivity index (χ0) is 19.9. The second-order valence-corrected chi connectivity index (χ2v) is 8.23. The van der Waals surface area contributed by atoms with Crippen molar-refractivity contribution in [1.82, 2.24) is 14.8 Å². The lowest BCUT2D eigenvalue weighted by Gasteiger charge is -2.21. The molecule has 5 nitrogen and oxygen atoms in total. The van der Waals surface area contributed by atoms with E-state index >= 15 is 0 Å². The molecule has 0 aliphatic carbocycles. The van der Waals surface area contributed by atoms with Gasteiger partial charge in [0.15, 0.2) is 0 Å². The number of unbranched alkanes of at least 4 members (excludes halogenated alkanes) is 1. The lowest BCUT2D eigenvalue weighted by Crippen LogP contribution is -2.35. The van der Waals surface area contributed by atoms with Crippen molar-refractivity contribution in [2.75, 3.05) is 39.3 Å². The van der Waals surface area contributed by atoms with Gasteiger partial charge in [-0.15, -0.1) is 11.3 Å². The number of rotatable bonds is 7. The number of amides is 1. The van der Waals surface area contributed by atoms with E-state index in [9.17, 15) is 4.79 Å². The van der Waals surface area contributed by atoms with E-state index in [0.29, 0.717) is 6.61 Å². The van der Waals surface area contributed by atoms with E-state index < -0.39 is 0 Å². The fraction of sp³-hybridized carbons (Fsp3) is 0.545. The van der Waals surface area contributed by atoms with E-state index in [0.717, 1.165) is 66.0 Å². The second kappa shape index (κ2) is 10.0. The smallest absolute Gasteiger partial charge is 0.265 e. The number of aryl methyl sites for hydroxylation is 1. The predicted molar refractivity (Wildman–Crippen MR) is 115 cm³/mol. The number of aromatic nitrogens is 1. The van der Waals surface area contributed by atoms with Gasteiger partial charge in [-0.2, -0.15) is 0 Å². The van der Waals surface area contributed by atoms with Crippen LogP contribution in [0.3, 0.4) is 0 Å². The minimum Gasteiger partial charge on any atom is -0.494 e. The molecule has 1 fully saturated rings. The Hall–Kier alpha value is -1.92. The Bertz CT molecular complexity index is 790. The fourth-order valence-electron chi connectivity index (χ4n) is 3.53. The van der Waals surface area contributed by atoms with Gasteiger partial charge in [-0.1, -0.05) is 25.5 Å². The van der Waals surface area contributed by atoms with Gasteiger partial charge in [0.25, 0.3) is 5.91 Å². The van der Waals surface area contributed by atoms with Gasteiger partial charge in [-0.25, -0.2) is 4.98 Å². The molecule has 0 saturated carbocycles. The Balaban J connectivity index is 1.72. The molecule has 1 aromatic heterocycles. The topological polar surface area (TPSA) is 45.7 Å². The average Bonchev–Trinajstić information content (AvgIpc) is 2.94. The van der Waals surface area contributed by atoms with E-state index in [1.54, 1.807) is 0 Å².